The molecule has 2 aliphatic rings. The Labute approximate surface area is 288 Å². The topological polar surface area (TPSA) is 137 Å². The van der Waals surface area contributed by atoms with Crippen LogP contribution in [-0.2, 0) is 18.3 Å². The number of nitrogens with zero attached hydrogens (tertiary/aromatic N) is 8. The zero-order valence-electron chi connectivity index (χ0n) is 28.5. The number of nitrogens with one attached hydrogen (secondary N) is 2. The van der Waals surface area contributed by atoms with Gasteiger partial charge in [0.25, 0.3) is 0 Å². The quantitative estimate of drug-likeness (QED) is 0.163. The minimum absolute atomic E-state index is 0.0762. The standard InChI is InChI=1S/C37H46N10O2/c1-3-10-32(13-7-18-39-35-41-24-30(21-38)34(44-35)46-19-8-16-37(27-46)17-9-20-49-37)47(36(48)42-22-28-11-5-4-6-12-28)33-15-14-29(23-40-33)31-25-43-45(2)26-31/h4-6,11-12,14-15,23-26,32H,3,7-10,13,16-20,22,27H2,1-2H3,(H,42,48)(H,39,41,44)/t32-,37?/m0/s1. The van der Waals surface area contributed by atoms with Crippen LogP contribution >= 0.6 is 0 Å². The first-order valence-corrected chi connectivity index (χ1v) is 17.4. The summed E-state index contributed by atoms with van der Waals surface area (Å²) in [7, 11) is 1.88. The number of aryl methyl sites for hydroxylation is 1. The fourth-order valence-corrected chi connectivity index (χ4v) is 6.99. The van der Waals surface area contributed by atoms with Crippen LogP contribution in [0.4, 0.5) is 22.4 Å². The average molecular weight is 663 g/mol. The van der Waals surface area contributed by atoms with Gasteiger partial charge < -0.3 is 20.3 Å². The fourth-order valence-electron chi connectivity index (χ4n) is 6.99. The maximum Gasteiger partial charge on any atom is 0.323 e. The van der Waals surface area contributed by atoms with Crippen molar-refractivity contribution < 1.29 is 9.53 Å². The summed E-state index contributed by atoms with van der Waals surface area (Å²) in [6, 6.07) is 15.8. The van der Waals surface area contributed by atoms with Crippen LogP contribution in [0.1, 0.15) is 69.4 Å². The van der Waals surface area contributed by atoms with E-state index in [1.165, 1.54) is 0 Å². The average Bonchev–Trinajstić information content (AvgIpc) is 3.78. The summed E-state index contributed by atoms with van der Waals surface area (Å²) in [5, 5.41) is 20.6. The molecule has 1 spiro atoms. The molecule has 3 aromatic heterocycles. The second kappa shape index (κ2) is 15.9. The van der Waals surface area contributed by atoms with E-state index in [0.29, 0.717) is 36.2 Å². The summed E-state index contributed by atoms with van der Waals surface area (Å²) < 4.78 is 7.93. The Morgan fingerprint density at radius 2 is 1.94 bits per heavy atom. The molecule has 49 heavy (non-hydrogen) atoms. The smallest absolute Gasteiger partial charge is 0.323 e. The van der Waals surface area contributed by atoms with Gasteiger partial charge in [-0.2, -0.15) is 15.3 Å². The number of pyridine rings is 1. The number of ether oxygens (including phenoxy) is 1. The minimum atomic E-state index is -0.178. The van der Waals surface area contributed by atoms with Crippen molar-refractivity contribution in [2.45, 2.75) is 76.5 Å². The molecule has 2 amide bonds. The molecule has 1 aromatic carbocycles. The molecule has 2 atom stereocenters. The molecule has 4 aromatic rings. The van der Waals surface area contributed by atoms with Gasteiger partial charge in [-0.15, -0.1) is 0 Å². The van der Waals surface area contributed by atoms with Gasteiger partial charge in [0, 0.05) is 69.4 Å². The van der Waals surface area contributed by atoms with E-state index in [1.807, 2.05) is 66.8 Å². The third kappa shape index (κ3) is 8.35. The minimum Gasteiger partial charge on any atom is -0.373 e. The molecule has 1 unspecified atom stereocenters. The van der Waals surface area contributed by atoms with Crippen LogP contribution in [0.3, 0.4) is 0 Å². The predicted molar refractivity (Wildman–Crippen MR) is 190 cm³/mol. The Bertz CT molecular complexity index is 1710. The summed E-state index contributed by atoms with van der Waals surface area (Å²) >= 11 is 0. The second-order valence-corrected chi connectivity index (χ2v) is 13.0. The first kappa shape index (κ1) is 33.9. The lowest BCUT2D eigenvalue weighted by Crippen LogP contribution is -2.48. The highest BCUT2D eigenvalue weighted by atomic mass is 16.5. The first-order chi connectivity index (χ1) is 24.0. The summed E-state index contributed by atoms with van der Waals surface area (Å²) in [6.07, 6.45) is 14.6. The number of urea groups is 1. The molecule has 0 bridgehead atoms. The van der Waals surface area contributed by atoms with E-state index in [4.69, 9.17) is 14.7 Å². The van der Waals surface area contributed by atoms with Crippen LogP contribution in [0.15, 0.2) is 67.3 Å². The molecular weight excluding hydrogens is 616 g/mol. The summed E-state index contributed by atoms with van der Waals surface area (Å²) in [4.78, 5) is 31.9. The molecule has 12 heteroatoms. The van der Waals surface area contributed by atoms with Gasteiger partial charge in [-0.1, -0.05) is 43.7 Å². The number of hydrogen-bond donors (Lipinski definition) is 2. The highest BCUT2D eigenvalue weighted by Crippen LogP contribution is 2.36. The van der Waals surface area contributed by atoms with Crippen LogP contribution in [-0.4, -0.2) is 68.6 Å². The van der Waals surface area contributed by atoms with E-state index in [2.05, 4.69) is 38.6 Å². The van der Waals surface area contributed by atoms with E-state index in [9.17, 15) is 10.1 Å². The Morgan fingerprint density at radius 1 is 1.08 bits per heavy atom. The van der Waals surface area contributed by atoms with Crippen molar-refractivity contribution >= 4 is 23.6 Å². The number of aromatic nitrogens is 5. The van der Waals surface area contributed by atoms with E-state index in [1.54, 1.807) is 17.1 Å². The first-order valence-electron chi connectivity index (χ1n) is 17.4. The molecule has 2 N–H and O–H groups in total. The number of carbonyl (C=O) groups excluding carboxylic acids is 1. The molecule has 12 nitrogen and oxygen atoms in total. The lowest BCUT2D eigenvalue weighted by atomic mass is 9.90. The maximum absolute atomic E-state index is 13.9. The number of amides is 2. The van der Waals surface area contributed by atoms with Crippen molar-refractivity contribution in [2.75, 3.05) is 41.4 Å². The zero-order valence-corrected chi connectivity index (χ0v) is 28.5. The largest absolute Gasteiger partial charge is 0.373 e. The molecule has 0 saturated carbocycles. The van der Waals surface area contributed by atoms with Gasteiger partial charge in [0.2, 0.25) is 5.95 Å². The highest BCUT2D eigenvalue weighted by molar-refractivity contribution is 5.91. The number of benzene rings is 1. The van der Waals surface area contributed by atoms with Crippen LogP contribution < -0.4 is 20.4 Å². The molecule has 5 heterocycles. The number of carbonyl (C=O) groups is 1. The van der Waals surface area contributed by atoms with Crippen LogP contribution in [0.25, 0.3) is 11.1 Å². The van der Waals surface area contributed by atoms with Crippen molar-refractivity contribution in [2.24, 2.45) is 7.05 Å². The second-order valence-electron chi connectivity index (χ2n) is 13.0. The molecular formula is C37H46N10O2. The third-order valence-electron chi connectivity index (χ3n) is 9.44. The van der Waals surface area contributed by atoms with Gasteiger partial charge in [0.05, 0.1) is 18.0 Å². The normalized spacial score (nSPS) is 17.9. The molecule has 256 valence electrons. The predicted octanol–water partition coefficient (Wildman–Crippen LogP) is 6.07. The van der Waals surface area contributed by atoms with E-state index >= 15 is 0 Å². The van der Waals surface area contributed by atoms with Crippen molar-refractivity contribution in [3.8, 4) is 17.2 Å². The number of nitriles is 1. The van der Waals surface area contributed by atoms with E-state index in [0.717, 1.165) is 87.8 Å². The lowest BCUT2D eigenvalue weighted by molar-refractivity contribution is -0.00637. The summed E-state index contributed by atoms with van der Waals surface area (Å²) in [5.41, 5.74) is 3.28. The number of hydrogen-bond acceptors (Lipinski definition) is 9. The van der Waals surface area contributed by atoms with Gasteiger partial charge in [-0.25, -0.2) is 14.8 Å². The highest BCUT2D eigenvalue weighted by Gasteiger charge is 2.40. The van der Waals surface area contributed by atoms with Crippen LogP contribution in [0.5, 0.6) is 0 Å². The van der Waals surface area contributed by atoms with Crippen molar-refractivity contribution in [1.82, 2.24) is 30.0 Å². The van der Waals surface area contributed by atoms with Crippen LogP contribution in [0, 0.1) is 11.3 Å². The van der Waals surface area contributed by atoms with Crippen molar-refractivity contribution in [3.05, 3.63) is 78.4 Å². The van der Waals surface area contributed by atoms with Gasteiger partial charge in [-0.3, -0.25) is 9.58 Å². The van der Waals surface area contributed by atoms with Gasteiger partial charge in [0.15, 0.2) is 5.82 Å². The third-order valence-corrected chi connectivity index (χ3v) is 9.44. The number of rotatable bonds is 13. The Morgan fingerprint density at radius 3 is 2.65 bits per heavy atom. The Kier molecular flexibility index (Phi) is 11.0. The van der Waals surface area contributed by atoms with Crippen molar-refractivity contribution in [1.29, 1.82) is 5.26 Å². The van der Waals surface area contributed by atoms with Crippen LogP contribution in [0.2, 0.25) is 0 Å². The Balaban J connectivity index is 1.14. The number of piperidine rings is 1. The molecule has 2 fully saturated rings. The molecule has 6 rings (SSSR count). The maximum atomic E-state index is 13.9. The van der Waals surface area contributed by atoms with Gasteiger partial charge in [0.1, 0.15) is 17.5 Å². The summed E-state index contributed by atoms with van der Waals surface area (Å²) in [6.45, 7) is 5.56. The SMILES string of the molecule is CCC[C@@H](CCCNc1ncc(C#N)c(N2CCCC3(CCCO3)C2)n1)N(C(=O)NCc1ccccc1)c1ccc(-c2cnn(C)c2)cn1. The summed E-state index contributed by atoms with van der Waals surface area (Å²) in [5.74, 6) is 1.77. The lowest BCUT2D eigenvalue weighted by Gasteiger charge is -2.40. The van der Waals surface area contributed by atoms with E-state index in [-0.39, 0.29) is 17.7 Å². The number of anilines is 3. The fraction of sp³-hybridized carbons (Fsp3) is 0.459. The zero-order chi connectivity index (χ0) is 34.1. The monoisotopic (exact) mass is 662 g/mol. The van der Waals surface area contributed by atoms with E-state index < -0.39 is 0 Å². The molecule has 2 saturated heterocycles. The molecule has 2 aliphatic heterocycles. The van der Waals surface area contributed by atoms with Crippen molar-refractivity contribution in [3.63, 3.8) is 0 Å². The molecule has 0 aliphatic carbocycles. The van der Waals surface area contributed by atoms with Gasteiger partial charge >= 0.3 is 6.03 Å². The van der Waals surface area contributed by atoms with Gasteiger partial charge in [-0.05, 0) is 62.6 Å². The Hall–Kier alpha value is -5.02. The molecule has 0 radical (unpaired) electrons.